The van der Waals surface area contributed by atoms with Crippen molar-refractivity contribution in [1.29, 1.82) is 0 Å². The Morgan fingerprint density at radius 2 is 1.85 bits per heavy atom. The molecule has 0 bridgehead atoms. The van der Waals surface area contributed by atoms with Crippen molar-refractivity contribution in [1.82, 2.24) is 14.9 Å². The molecule has 3 heterocycles. The fraction of sp³-hybridized carbons (Fsp3) is 0.476. The second-order valence-corrected chi connectivity index (χ2v) is 7.69. The van der Waals surface area contributed by atoms with E-state index in [1.54, 1.807) is 4.90 Å². The Morgan fingerprint density at radius 3 is 2.59 bits per heavy atom. The van der Waals surface area contributed by atoms with E-state index in [1.165, 1.54) is 0 Å². The first-order chi connectivity index (χ1) is 13.1. The molecule has 0 saturated carbocycles. The number of amides is 1. The Balaban J connectivity index is 1.55. The highest BCUT2D eigenvalue weighted by Gasteiger charge is 2.28. The fourth-order valence-electron chi connectivity index (χ4n) is 3.97. The summed E-state index contributed by atoms with van der Waals surface area (Å²) < 4.78 is 0. The lowest BCUT2D eigenvalue weighted by Gasteiger charge is -2.35. The van der Waals surface area contributed by atoms with Crippen molar-refractivity contribution in [3.8, 4) is 0 Å². The Hall–Kier alpha value is -2.47. The predicted octanol–water partition coefficient (Wildman–Crippen LogP) is 0.247. The minimum absolute atomic E-state index is 0.182. The second-order valence-electron chi connectivity index (χ2n) is 7.69. The molecule has 1 amide bonds. The van der Waals surface area contributed by atoms with E-state index in [1.807, 2.05) is 42.2 Å². The number of nitrogens with zero attached hydrogens (tertiary/aromatic N) is 4. The van der Waals surface area contributed by atoms with E-state index in [0.29, 0.717) is 13.0 Å². The van der Waals surface area contributed by atoms with Gasteiger partial charge in [0.1, 0.15) is 11.6 Å². The van der Waals surface area contributed by atoms with Gasteiger partial charge in [0.2, 0.25) is 5.91 Å². The number of fused-ring (bicyclic) bond motifs is 1. The highest BCUT2D eigenvalue weighted by atomic mass is 16.2. The molecule has 0 atom stereocenters. The summed E-state index contributed by atoms with van der Waals surface area (Å²) >= 11 is 0. The number of carbonyl (C=O) groups is 1. The van der Waals surface area contributed by atoms with E-state index in [2.05, 4.69) is 16.9 Å². The first-order valence-electron chi connectivity index (χ1n) is 9.84. The minimum Gasteiger partial charge on any atom is -0.345 e. The maximum Gasteiger partial charge on any atom is 0.227 e. The molecular formula is C21H28N5O+. The molecule has 0 unspecified atom stereocenters. The third kappa shape index (κ3) is 3.95. The number of hydrogen-bond acceptors (Lipinski definition) is 4. The van der Waals surface area contributed by atoms with Crippen LogP contribution in [0.2, 0.25) is 0 Å². The summed E-state index contributed by atoms with van der Waals surface area (Å²) in [6.07, 6.45) is 1.27. The van der Waals surface area contributed by atoms with Gasteiger partial charge in [0.25, 0.3) is 0 Å². The molecule has 0 radical (unpaired) electrons. The number of anilines is 1. The average molecular weight is 366 g/mol. The summed E-state index contributed by atoms with van der Waals surface area (Å²) in [4.78, 5) is 28.2. The van der Waals surface area contributed by atoms with Gasteiger partial charge in [-0.25, -0.2) is 9.97 Å². The van der Waals surface area contributed by atoms with Gasteiger partial charge in [0.15, 0.2) is 0 Å². The zero-order valence-corrected chi connectivity index (χ0v) is 16.2. The number of rotatable bonds is 3. The Morgan fingerprint density at radius 1 is 1.11 bits per heavy atom. The van der Waals surface area contributed by atoms with Crippen LogP contribution < -0.4 is 9.80 Å². The van der Waals surface area contributed by atoms with Crippen molar-refractivity contribution in [2.24, 2.45) is 0 Å². The molecule has 2 aromatic rings. The zero-order valence-electron chi connectivity index (χ0n) is 16.2. The molecule has 4 rings (SSSR count). The van der Waals surface area contributed by atoms with Crippen LogP contribution in [0.5, 0.6) is 0 Å². The maximum absolute atomic E-state index is 12.8. The Bertz CT molecular complexity index is 815. The molecule has 2 aliphatic rings. The van der Waals surface area contributed by atoms with E-state index >= 15 is 0 Å². The summed E-state index contributed by atoms with van der Waals surface area (Å²) in [6, 6.07) is 9.98. The van der Waals surface area contributed by atoms with Crippen molar-refractivity contribution in [2.45, 2.75) is 26.3 Å². The third-order valence-electron chi connectivity index (χ3n) is 5.62. The minimum atomic E-state index is 0.182. The molecular weight excluding hydrogens is 338 g/mol. The van der Waals surface area contributed by atoms with Crippen molar-refractivity contribution in [2.75, 3.05) is 44.7 Å². The highest BCUT2D eigenvalue weighted by molar-refractivity contribution is 5.79. The Kier molecular flexibility index (Phi) is 5.07. The monoisotopic (exact) mass is 366 g/mol. The number of aryl methyl sites for hydroxylation is 1. The number of benzene rings is 1. The van der Waals surface area contributed by atoms with Crippen LogP contribution in [0.25, 0.3) is 0 Å². The van der Waals surface area contributed by atoms with Crippen LogP contribution in [-0.2, 0) is 24.2 Å². The van der Waals surface area contributed by atoms with Crippen LogP contribution in [-0.4, -0.2) is 60.5 Å². The molecule has 142 valence electrons. The number of quaternary nitrogens is 1. The van der Waals surface area contributed by atoms with Gasteiger partial charge in [-0.1, -0.05) is 30.3 Å². The molecule has 0 spiro atoms. The second kappa shape index (κ2) is 7.64. The van der Waals surface area contributed by atoms with E-state index in [0.717, 1.165) is 67.6 Å². The number of hydrogen-bond donors (Lipinski definition) is 1. The van der Waals surface area contributed by atoms with Crippen molar-refractivity contribution in [3.63, 3.8) is 0 Å². The zero-order chi connectivity index (χ0) is 18.8. The van der Waals surface area contributed by atoms with E-state index in [4.69, 9.17) is 4.98 Å². The molecule has 1 aromatic carbocycles. The summed E-state index contributed by atoms with van der Waals surface area (Å²) in [7, 11) is 2.24. The van der Waals surface area contributed by atoms with Gasteiger partial charge >= 0.3 is 0 Å². The normalized spacial score (nSPS) is 17.7. The molecule has 6 nitrogen and oxygen atoms in total. The topological polar surface area (TPSA) is 53.8 Å². The molecule has 2 aliphatic heterocycles. The van der Waals surface area contributed by atoms with Gasteiger partial charge in [-0.2, -0.15) is 0 Å². The van der Waals surface area contributed by atoms with Gasteiger partial charge < -0.3 is 14.7 Å². The molecule has 1 aromatic heterocycles. The van der Waals surface area contributed by atoms with Crippen molar-refractivity contribution >= 4 is 11.7 Å². The number of aromatic nitrogens is 2. The first kappa shape index (κ1) is 17.9. The molecule has 1 N–H and O–H groups in total. The van der Waals surface area contributed by atoms with Gasteiger partial charge in [-0.3, -0.25) is 4.79 Å². The average Bonchev–Trinajstić information content (AvgIpc) is 2.68. The van der Waals surface area contributed by atoms with E-state index in [-0.39, 0.29) is 5.91 Å². The largest absolute Gasteiger partial charge is 0.345 e. The van der Waals surface area contributed by atoms with Crippen LogP contribution in [0.1, 0.15) is 22.6 Å². The van der Waals surface area contributed by atoms with Crippen LogP contribution in [0.3, 0.4) is 0 Å². The molecule has 27 heavy (non-hydrogen) atoms. The van der Waals surface area contributed by atoms with Gasteiger partial charge in [-0.05, 0) is 12.5 Å². The number of nitrogens with one attached hydrogen (secondary N) is 1. The smallest absolute Gasteiger partial charge is 0.227 e. The van der Waals surface area contributed by atoms with Crippen LogP contribution >= 0.6 is 0 Å². The first-order valence-corrected chi connectivity index (χ1v) is 9.84. The summed E-state index contributed by atoms with van der Waals surface area (Å²) in [5.74, 6) is 2.06. The summed E-state index contributed by atoms with van der Waals surface area (Å²) in [6.45, 7) is 7.58. The number of carbonyl (C=O) groups excluding carboxylic acids is 1. The van der Waals surface area contributed by atoms with Crippen LogP contribution in [0, 0.1) is 6.92 Å². The quantitative estimate of drug-likeness (QED) is 0.846. The SMILES string of the molecule is Cc1nc2c(c(N3CC[NH+](C)CC3)n1)CN(C(=O)Cc1ccccc1)CC2. The van der Waals surface area contributed by atoms with E-state index in [9.17, 15) is 4.79 Å². The summed E-state index contributed by atoms with van der Waals surface area (Å²) in [5.41, 5.74) is 3.33. The highest BCUT2D eigenvalue weighted by Crippen LogP contribution is 2.27. The van der Waals surface area contributed by atoms with Crippen LogP contribution in [0.15, 0.2) is 30.3 Å². The Labute approximate surface area is 160 Å². The molecule has 0 aliphatic carbocycles. The van der Waals surface area contributed by atoms with Gasteiger partial charge in [0, 0.05) is 18.5 Å². The molecule has 1 fully saturated rings. The maximum atomic E-state index is 12.8. The van der Waals surface area contributed by atoms with Crippen LogP contribution in [0.4, 0.5) is 5.82 Å². The number of piperazine rings is 1. The lowest BCUT2D eigenvalue weighted by Crippen LogP contribution is -3.12. The fourth-order valence-corrected chi connectivity index (χ4v) is 3.97. The van der Waals surface area contributed by atoms with Crippen molar-refractivity contribution < 1.29 is 9.69 Å². The lowest BCUT2D eigenvalue weighted by atomic mass is 10.0. The van der Waals surface area contributed by atoms with Gasteiger partial charge in [0.05, 0.1) is 51.9 Å². The molecule has 1 saturated heterocycles. The number of likely N-dealkylation sites (N-methyl/N-ethyl adjacent to an activating group) is 1. The third-order valence-corrected chi connectivity index (χ3v) is 5.62. The predicted molar refractivity (Wildman–Crippen MR) is 105 cm³/mol. The van der Waals surface area contributed by atoms with Crippen molar-refractivity contribution in [3.05, 3.63) is 53.0 Å². The van der Waals surface area contributed by atoms with Gasteiger partial charge in [-0.15, -0.1) is 0 Å². The lowest BCUT2D eigenvalue weighted by molar-refractivity contribution is -0.880. The summed E-state index contributed by atoms with van der Waals surface area (Å²) in [5, 5.41) is 0. The standard InChI is InChI=1S/C21H27N5O/c1-16-22-19-8-9-26(20(27)14-17-6-4-3-5-7-17)15-18(19)21(23-16)25-12-10-24(2)11-13-25/h3-7H,8-15H2,1-2H3/p+1. The van der Waals surface area contributed by atoms with E-state index < -0.39 is 0 Å². The molecule has 6 heteroatoms.